The molecule has 2 aliphatic heterocycles. The molecule has 4 rings (SSSR count). The van der Waals surface area contributed by atoms with Crippen molar-refractivity contribution in [1.82, 2.24) is 14.7 Å². The Kier molecular flexibility index (Phi) is 8.28. The average molecular weight is 585 g/mol. The molecule has 1 spiro atoms. The van der Waals surface area contributed by atoms with Gasteiger partial charge in [-0.1, -0.05) is 18.2 Å². The number of hydrogen-bond acceptors (Lipinski definition) is 4. The number of rotatable bonds is 6. The van der Waals surface area contributed by atoms with E-state index in [1.165, 1.54) is 9.80 Å². The summed E-state index contributed by atoms with van der Waals surface area (Å²) in [7, 11) is 0. The quantitative estimate of drug-likeness (QED) is 0.455. The van der Waals surface area contributed by atoms with Crippen molar-refractivity contribution in [3.8, 4) is 0 Å². The number of amides is 3. The third-order valence-corrected chi connectivity index (χ3v) is 7.74. The van der Waals surface area contributed by atoms with Crippen LogP contribution in [0.5, 0.6) is 0 Å². The Hall–Kier alpha value is -3.77. The Balaban J connectivity index is 1.60. The summed E-state index contributed by atoms with van der Waals surface area (Å²) in [5.41, 5.74) is -4.29. The Morgan fingerprint density at radius 2 is 1.41 bits per heavy atom. The molecule has 0 N–H and O–H groups in total. The molecule has 2 aromatic carbocycles. The van der Waals surface area contributed by atoms with E-state index in [4.69, 9.17) is 0 Å². The number of anilines is 1. The normalized spacial score (nSPS) is 17.4. The standard InChI is InChI=1S/C28H30F6N4O3/c1-3-35(4-2)23(39)17-37-18-38(22-8-6-5-7-9-22)26(25(37)41)10-12-36(13-11-26)24(40)19-14-20(27(29,30)31)16-21(15-19)28(32,33)34/h5-9,14-16H,3-4,10-13,17-18H2,1-2H3. The molecule has 222 valence electrons. The molecule has 2 aliphatic rings. The van der Waals surface area contributed by atoms with Crippen molar-refractivity contribution < 1.29 is 40.7 Å². The van der Waals surface area contributed by atoms with Crippen LogP contribution in [-0.4, -0.2) is 77.4 Å². The lowest BCUT2D eigenvalue weighted by atomic mass is 9.85. The maximum Gasteiger partial charge on any atom is 0.416 e. The number of para-hydroxylation sites is 1. The van der Waals surface area contributed by atoms with Crippen molar-refractivity contribution in [3.63, 3.8) is 0 Å². The van der Waals surface area contributed by atoms with Crippen molar-refractivity contribution in [3.05, 3.63) is 65.2 Å². The highest BCUT2D eigenvalue weighted by molar-refractivity contribution is 5.98. The van der Waals surface area contributed by atoms with Gasteiger partial charge in [0.25, 0.3) is 11.8 Å². The molecule has 0 radical (unpaired) electrons. The number of carbonyl (C=O) groups excluding carboxylic acids is 3. The third kappa shape index (κ3) is 5.98. The van der Waals surface area contributed by atoms with Gasteiger partial charge in [-0.25, -0.2) is 0 Å². The molecule has 0 saturated carbocycles. The maximum atomic E-state index is 13.8. The van der Waals surface area contributed by atoms with Crippen LogP contribution in [-0.2, 0) is 21.9 Å². The molecule has 7 nitrogen and oxygen atoms in total. The zero-order valence-electron chi connectivity index (χ0n) is 22.6. The molecular formula is C28H30F6N4O3. The van der Waals surface area contributed by atoms with Crippen molar-refractivity contribution in [2.45, 2.75) is 44.6 Å². The summed E-state index contributed by atoms with van der Waals surface area (Å²) < 4.78 is 80.1. The van der Waals surface area contributed by atoms with Crippen LogP contribution in [0.1, 0.15) is 48.2 Å². The molecule has 0 aromatic heterocycles. The molecule has 0 bridgehead atoms. The lowest BCUT2D eigenvalue weighted by molar-refractivity contribution is -0.143. The number of nitrogens with zero attached hydrogens (tertiary/aromatic N) is 4. The fourth-order valence-corrected chi connectivity index (χ4v) is 5.50. The minimum atomic E-state index is -5.08. The predicted molar refractivity (Wildman–Crippen MR) is 138 cm³/mol. The highest BCUT2D eigenvalue weighted by Gasteiger charge is 2.54. The number of hydrogen-bond donors (Lipinski definition) is 0. The van der Waals surface area contributed by atoms with Crippen LogP contribution in [0.4, 0.5) is 32.0 Å². The first-order chi connectivity index (χ1) is 19.2. The number of likely N-dealkylation sites (N-methyl/N-ethyl adjacent to an activating group) is 1. The lowest BCUT2D eigenvalue weighted by Crippen LogP contribution is -2.57. The van der Waals surface area contributed by atoms with Gasteiger partial charge in [-0.3, -0.25) is 14.4 Å². The fraction of sp³-hybridized carbons (Fsp3) is 0.464. The van der Waals surface area contributed by atoms with Crippen LogP contribution >= 0.6 is 0 Å². The van der Waals surface area contributed by atoms with Gasteiger partial charge < -0.3 is 19.6 Å². The molecule has 41 heavy (non-hydrogen) atoms. The Morgan fingerprint density at radius 3 is 1.90 bits per heavy atom. The first-order valence-corrected chi connectivity index (χ1v) is 13.2. The topological polar surface area (TPSA) is 64.2 Å². The number of piperidine rings is 1. The summed E-state index contributed by atoms with van der Waals surface area (Å²) >= 11 is 0. The highest BCUT2D eigenvalue weighted by atomic mass is 19.4. The van der Waals surface area contributed by atoms with Gasteiger partial charge >= 0.3 is 12.4 Å². The summed E-state index contributed by atoms with van der Waals surface area (Å²) in [5.74, 6) is -1.51. The predicted octanol–water partition coefficient (Wildman–Crippen LogP) is 4.87. The van der Waals surface area contributed by atoms with Gasteiger partial charge in [0.1, 0.15) is 12.1 Å². The number of likely N-dealkylation sites (tertiary alicyclic amines) is 1. The molecule has 2 aromatic rings. The van der Waals surface area contributed by atoms with E-state index in [0.717, 1.165) is 0 Å². The lowest BCUT2D eigenvalue weighted by Gasteiger charge is -2.43. The first-order valence-electron chi connectivity index (χ1n) is 13.2. The van der Waals surface area contributed by atoms with Gasteiger partial charge in [-0.05, 0) is 57.0 Å². The van der Waals surface area contributed by atoms with Crippen LogP contribution in [0.15, 0.2) is 48.5 Å². The van der Waals surface area contributed by atoms with Gasteiger partial charge in [0.05, 0.1) is 17.8 Å². The van der Waals surface area contributed by atoms with Gasteiger partial charge in [0.15, 0.2) is 0 Å². The molecule has 2 heterocycles. The van der Waals surface area contributed by atoms with Crippen LogP contribution in [0.3, 0.4) is 0 Å². The monoisotopic (exact) mass is 584 g/mol. The summed E-state index contributed by atoms with van der Waals surface area (Å²) in [6.45, 7) is 4.44. The van der Waals surface area contributed by atoms with Crippen LogP contribution in [0.2, 0.25) is 0 Å². The molecule has 3 amide bonds. The molecule has 0 aliphatic carbocycles. The molecular weight excluding hydrogens is 554 g/mol. The smallest absolute Gasteiger partial charge is 0.342 e. The van der Waals surface area contributed by atoms with E-state index in [-0.39, 0.29) is 57.0 Å². The second-order valence-electron chi connectivity index (χ2n) is 10.1. The van der Waals surface area contributed by atoms with Gasteiger partial charge in [0.2, 0.25) is 5.91 Å². The minimum absolute atomic E-state index is 0.0228. The Bertz CT molecular complexity index is 1250. The summed E-state index contributed by atoms with van der Waals surface area (Å²) in [6, 6.07) is 9.82. The van der Waals surface area contributed by atoms with Gasteiger partial charge in [0, 0.05) is 37.4 Å². The molecule has 13 heteroatoms. The zero-order valence-corrected chi connectivity index (χ0v) is 22.6. The van der Waals surface area contributed by atoms with E-state index in [9.17, 15) is 40.7 Å². The first kappa shape index (κ1) is 30.2. The van der Waals surface area contributed by atoms with Crippen LogP contribution in [0, 0.1) is 0 Å². The summed E-state index contributed by atoms with van der Waals surface area (Å²) in [5, 5.41) is 0. The molecule has 2 saturated heterocycles. The van der Waals surface area contributed by atoms with Crippen LogP contribution in [0.25, 0.3) is 0 Å². The maximum absolute atomic E-state index is 13.8. The number of benzene rings is 2. The number of alkyl halides is 6. The second kappa shape index (κ2) is 11.2. The number of halogens is 6. The Labute approximate surface area is 233 Å². The van der Waals surface area contributed by atoms with E-state index < -0.39 is 40.5 Å². The molecule has 2 fully saturated rings. The van der Waals surface area contributed by atoms with Crippen molar-refractivity contribution >= 4 is 23.4 Å². The summed E-state index contributed by atoms with van der Waals surface area (Å²) in [4.78, 5) is 45.9. The van der Waals surface area contributed by atoms with Crippen molar-refractivity contribution in [2.75, 3.05) is 44.3 Å². The highest BCUT2D eigenvalue weighted by Crippen LogP contribution is 2.41. The molecule has 0 unspecified atom stereocenters. The van der Waals surface area contributed by atoms with E-state index >= 15 is 0 Å². The largest absolute Gasteiger partial charge is 0.416 e. The zero-order chi connectivity index (χ0) is 30.2. The van der Waals surface area contributed by atoms with Crippen LogP contribution < -0.4 is 4.90 Å². The second-order valence-corrected chi connectivity index (χ2v) is 10.1. The molecule has 0 atom stereocenters. The fourth-order valence-electron chi connectivity index (χ4n) is 5.50. The van der Waals surface area contributed by atoms with E-state index in [0.29, 0.717) is 30.9 Å². The van der Waals surface area contributed by atoms with Crippen molar-refractivity contribution in [1.29, 1.82) is 0 Å². The van der Waals surface area contributed by atoms with Gasteiger partial charge in [-0.15, -0.1) is 0 Å². The average Bonchev–Trinajstić information content (AvgIpc) is 3.19. The van der Waals surface area contributed by atoms with E-state index in [1.54, 1.807) is 23.1 Å². The van der Waals surface area contributed by atoms with Crippen molar-refractivity contribution in [2.24, 2.45) is 0 Å². The van der Waals surface area contributed by atoms with E-state index in [2.05, 4.69) is 0 Å². The third-order valence-electron chi connectivity index (χ3n) is 7.74. The SMILES string of the molecule is CCN(CC)C(=O)CN1CN(c2ccccc2)C2(CCN(C(=O)c3cc(C(F)(F)F)cc(C(F)(F)F)c3)CC2)C1=O. The minimum Gasteiger partial charge on any atom is -0.342 e. The Morgan fingerprint density at radius 1 is 0.878 bits per heavy atom. The number of carbonyl (C=O) groups is 3. The summed E-state index contributed by atoms with van der Waals surface area (Å²) in [6.07, 6.45) is -10.0. The van der Waals surface area contributed by atoms with Gasteiger partial charge in [-0.2, -0.15) is 26.3 Å². The van der Waals surface area contributed by atoms with E-state index in [1.807, 2.05) is 30.9 Å².